The lowest BCUT2D eigenvalue weighted by molar-refractivity contribution is 0.239. The van der Waals surface area contributed by atoms with Gasteiger partial charge in [0, 0.05) is 18.6 Å². The molecule has 0 saturated carbocycles. The largest absolute Gasteiger partial charge is 0.341 e. The Morgan fingerprint density at radius 3 is 3.00 bits per heavy atom. The van der Waals surface area contributed by atoms with Crippen LogP contribution >= 0.6 is 23.4 Å². The summed E-state index contributed by atoms with van der Waals surface area (Å²) in [5, 5.41) is 14.7. The summed E-state index contributed by atoms with van der Waals surface area (Å²) >= 11 is 7.69. The Balaban J connectivity index is 1.88. The van der Waals surface area contributed by atoms with Crippen molar-refractivity contribution < 1.29 is 0 Å². The van der Waals surface area contributed by atoms with Crippen LogP contribution in [0.2, 0.25) is 5.02 Å². The van der Waals surface area contributed by atoms with E-state index < -0.39 is 0 Å². The number of benzene rings is 1. The molecule has 0 aliphatic carbocycles. The highest BCUT2D eigenvalue weighted by atomic mass is 35.5. The summed E-state index contributed by atoms with van der Waals surface area (Å²) in [6.45, 7) is 0.976. The van der Waals surface area contributed by atoms with E-state index in [4.69, 9.17) is 11.6 Å². The summed E-state index contributed by atoms with van der Waals surface area (Å²) in [6, 6.07) is 7.57. The van der Waals surface area contributed by atoms with Crippen LogP contribution in [0.15, 0.2) is 29.3 Å². The number of amidine groups is 1. The van der Waals surface area contributed by atoms with Gasteiger partial charge in [0.2, 0.25) is 0 Å². The summed E-state index contributed by atoms with van der Waals surface area (Å²) < 4.78 is 0. The van der Waals surface area contributed by atoms with Crippen LogP contribution in [0.1, 0.15) is 31.1 Å². The van der Waals surface area contributed by atoms with Crippen molar-refractivity contribution in [1.82, 2.24) is 25.1 Å². The molecule has 2 aromatic rings. The lowest BCUT2D eigenvalue weighted by atomic mass is 10.0. The molecule has 1 aliphatic heterocycles. The van der Waals surface area contributed by atoms with Gasteiger partial charge in [0.15, 0.2) is 11.0 Å². The van der Waals surface area contributed by atoms with Crippen LogP contribution in [-0.2, 0) is 0 Å². The average Bonchev–Trinajstić information content (AvgIpc) is 3.06. The zero-order chi connectivity index (χ0) is 16.2. The Morgan fingerprint density at radius 2 is 2.26 bits per heavy atom. The summed E-state index contributed by atoms with van der Waals surface area (Å²) in [6.07, 6.45) is 5.39. The minimum atomic E-state index is 0.128. The Hall–Kier alpha value is -1.60. The second kappa shape index (κ2) is 7.31. The first-order valence-electron chi connectivity index (χ1n) is 7.56. The van der Waals surface area contributed by atoms with Crippen molar-refractivity contribution in [2.75, 3.05) is 19.8 Å². The van der Waals surface area contributed by atoms with Gasteiger partial charge >= 0.3 is 0 Å². The second-order valence-electron chi connectivity index (χ2n) is 5.33. The fourth-order valence-electron chi connectivity index (χ4n) is 2.83. The molecule has 23 heavy (non-hydrogen) atoms. The third kappa shape index (κ3) is 3.50. The number of nitrogens with zero attached hydrogens (tertiary/aromatic N) is 6. The summed E-state index contributed by atoms with van der Waals surface area (Å²) in [4.78, 5) is 8.21. The first-order chi connectivity index (χ1) is 11.2. The standard InChI is InChI=1S/C15H19ClN6S/c1-17-15(23-2)21-9-4-3-8-13(21)14-18-20-22(19-14)12-7-5-6-11(16)10-12/h5-7,10,13H,3-4,8-9H2,1-2H3/b17-15-. The summed E-state index contributed by atoms with van der Waals surface area (Å²) in [5.41, 5.74) is 0.813. The van der Waals surface area contributed by atoms with E-state index in [9.17, 15) is 0 Å². The smallest absolute Gasteiger partial charge is 0.197 e. The van der Waals surface area contributed by atoms with E-state index in [2.05, 4.69) is 25.3 Å². The van der Waals surface area contributed by atoms with Gasteiger partial charge in [-0.3, -0.25) is 4.99 Å². The van der Waals surface area contributed by atoms with Crippen molar-refractivity contribution in [2.24, 2.45) is 4.99 Å². The van der Waals surface area contributed by atoms with Crippen LogP contribution in [0.3, 0.4) is 0 Å². The molecule has 3 rings (SSSR count). The molecule has 1 aromatic heterocycles. The monoisotopic (exact) mass is 350 g/mol. The molecule has 0 amide bonds. The highest BCUT2D eigenvalue weighted by Gasteiger charge is 2.29. The molecule has 1 unspecified atom stereocenters. The lowest BCUT2D eigenvalue weighted by Crippen LogP contribution is -2.37. The molecular weight excluding hydrogens is 332 g/mol. The Kier molecular flexibility index (Phi) is 5.17. The normalized spacial score (nSPS) is 19.2. The Bertz CT molecular complexity index is 701. The zero-order valence-corrected chi connectivity index (χ0v) is 14.8. The number of halogens is 1. The molecule has 122 valence electrons. The summed E-state index contributed by atoms with van der Waals surface area (Å²) in [5.74, 6) is 0.736. The molecule has 1 saturated heterocycles. The predicted octanol–water partition coefficient (Wildman–Crippen LogP) is 3.19. The van der Waals surface area contributed by atoms with Gasteiger partial charge in [0.25, 0.3) is 0 Å². The quantitative estimate of drug-likeness (QED) is 0.615. The number of piperidine rings is 1. The van der Waals surface area contributed by atoms with Crippen molar-refractivity contribution in [1.29, 1.82) is 0 Å². The molecule has 2 heterocycles. The molecule has 1 aromatic carbocycles. The molecule has 0 bridgehead atoms. The molecule has 8 heteroatoms. The Labute approximate surface area is 144 Å². The average molecular weight is 351 g/mol. The number of rotatable bonds is 2. The number of aliphatic imine (C=N–C) groups is 1. The van der Waals surface area contributed by atoms with Gasteiger partial charge in [-0.05, 0) is 48.9 Å². The molecule has 0 radical (unpaired) electrons. The third-order valence-corrected chi connectivity index (χ3v) is 4.91. The Morgan fingerprint density at radius 1 is 1.39 bits per heavy atom. The fourth-order valence-corrected chi connectivity index (χ4v) is 3.65. The number of likely N-dealkylation sites (tertiary alicyclic amines) is 1. The molecular formula is C15H19ClN6S. The second-order valence-corrected chi connectivity index (χ2v) is 6.54. The van der Waals surface area contributed by atoms with Gasteiger partial charge in [-0.15, -0.1) is 15.0 Å². The van der Waals surface area contributed by atoms with E-state index in [1.807, 2.05) is 37.6 Å². The molecule has 0 N–H and O–H groups in total. The van der Waals surface area contributed by atoms with Crippen molar-refractivity contribution in [2.45, 2.75) is 25.3 Å². The van der Waals surface area contributed by atoms with Crippen LogP contribution in [0.4, 0.5) is 0 Å². The number of hydrogen-bond donors (Lipinski definition) is 0. The van der Waals surface area contributed by atoms with E-state index in [1.165, 1.54) is 11.2 Å². The maximum Gasteiger partial charge on any atom is 0.197 e. The van der Waals surface area contributed by atoms with Gasteiger partial charge in [-0.1, -0.05) is 29.4 Å². The van der Waals surface area contributed by atoms with Crippen LogP contribution in [0, 0.1) is 0 Å². The van der Waals surface area contributed by atoms with Crippen LogP contribution in [0.25, 0.3) is 5.69 Å². The van der Waals surface area contributed by atoms with Crippen LogP contribution in [-0.4, -0.2) is 50.1 Å². The zero-order valence-electron chi connectivity index (χ0n) is 13.2. The highest BCUT2D eigenvalue weighted by molar-refractivity contribution is 8.13. The molecule has 6 nitrogen and oxygen atoms in total. The third-order valence-electron chi connectivity index (χ3n) is 3.89. The number of thioether (sulfide) groups is 1. The van der Waals surface area contributed by atoms with Crippen LogP contribution in [0.5, 0.6) is 0 Å². The molecule has 1 fully saturated rings. The van der Waals surface area contributed by atoms with Gasteiger partial charge in [0.1, 0.15) is 0 Å². The maximum atomic E-state index is 6.04. The molecule has 1 aliphatic rings. The van der Waals surface area contributed by atoms with Gasteiger partial charge in [-0.25, -0.2) is 0 Å². The van der Waals surface area contributed by atoms with Crippen molar-refractivity contribution in [3.8, 4) is 5.69 Å². The number of aromatic nitrogens is 4. The van der Waals surface area contributed by atoms with E-state index in [0.29, 0.717) is 5.02 Å². The molecule has 0 spiro atoms. The van der Waals surface area contributed by atoms with Crippen molar-refractivity contribution in [3.05, 3.63) is 35.1 Å². The summed E-state index contributed by atoms with van der Waals surface area (Å²) in [7, 11) is 1.83. The lowest BCUT2D eigenvalue weighted by Gasteiger charge is -2.35. The van der Waals surface area contributed by atoms with E-state index in [0.717, 1.165) is 36.1 Å². The SMILES string of the molecule is C/N=C(\SC)N1CCCCC1c1nnn(-c2cccc(Cl)c2)n1. The van der Waals surface area contributed by atoms with E-state index in [-0.39, 0.29) is 6.04 Å². The minimum absolute atomic E-state index is 0.128. The van der Waals surface area contributed by atoms with Crippen molar-refractivity contribution in [3.63, 3.8) is 0 Å². The van der Waals surface area contributed by atoms with Gasteiger partial charge in [-0.2, -0.15) is 0 Å². The predicted molar refractivity (Wildman–Crippen MR) is 94.3 cm³/mol. The topological polar surface area (TPSA) is 59.2 Å². The highest BCUT2D eigenvalue weighted by Crippen LogP contribution is 2.30. The first kappa shape index (κ1) is 16.3. The minimum Gasteiger partial charge on any atom is -0.341 e. The van der Waals surface area contributed by atoms with Crippen LogP contribution < -0.4 is 0 Å². The van der Waals surface area contributed by atoms with Crippen molar-refractivity contribution >= 4 is 28.5 Å². The fraction of sp³-hybridized carbons (Fsp3) is 0.467. The van der Waals surface area contributed by atoms with E-state index in [1.54, 1.807) is 11.8 Å². The molecule has 1 atom stereocenters. The van der Waals surface area contributed by atoms with Gasteiger partial charge in [0.05, 0.1) is 11.7 Å². The maximum absolute atomic E-state index is 6.04. The van der Waals surface area contributed by atoms with Gasteiger partial charge < -0.3 is 4.90 Å². The number of tetrazole rings is 1. The van der Waals surface area contributed by atoms with E-state index >= 15 is 0 Å². The first-order valence-corrected chi connectivity index (χ1v) is 9.16. The number of hydrogen-bond acceptors (Lipinski definition) is 5.